The van der Waals surface area contributed by atoms with Gasteiger partial charge in [0.15, 0.2) is 21.6 Å². The van der Waals surface area contributed by atoms with E-state index in [0.29, 0.717) is 45.7 Å². The number of rotatable bonds is 8. The summed E-state index contributed by atoms with van der Waals surface area (Å²) in [6, 6.07) is 26.1. The molecule has 6 rings (SSSR count). The van der Waals surface area contributed by atoms with E-state index in [9.17, 15) is 9.59 Å². The lowest BCUT2D eigenvalue weighted by molar-refractivity contribution is 0.256. The van der Waals surface area contributed by atoms with Gasteiger partial charge in [0.2, 0.25) is 0 Å². The molecule has 224 valence electrons. The Kier molecular flexibility index (Phi) is 7.71. The SMILES string of the molecule is COc1ccc(N2C(=O)N(c3ccc(Oc4ccc(N5C(=N)C(=S)N(c6ccc(OC)cc6)C5=O)cc4)cc3)C(=N)C2=S)cc1. The zero-order valence-electron chi connectivity index (χ0n) is 23.9. The van der Waals surface area contributed by atoms with E-state index in [0.717, 1.165) is 0 Å². The molecular weight excluding hydrogens is 613 g/mol. The number of hydrogen-bond donors (Lipinski definition) is 2. The number of benzene rings is 4. The smallest absolute Gasteiger partial charge is 0.340 e. The largest absolute Gasteiger partial charge is 0.497 e. The number of hydrogen-bond acceptors (Lipinski definition) is 9. The fourth-order valence-electron chi connectivity index (χ4n) is 4.83. The van der Waals surface area contributed by atoms with E-state index in [-0.39, 0.29) is 21.6 Å². The highest BCUT2D eigenvalue weighted by atomic mass is 32.1. The number of methoxy groups -OCH3 is 2. The van der Waals surface area contributed by atoms with Crippen molar-refractivity contribution in [2.24, 2.45) is 0 Å². The second-order valence-corrected chi connectivity index (χ2v) is 10.5. The van der Waals surface area contributed by atoms with E-state index >= 15 is 0 Å². The standard InChI is InChI=1S/C32H24N6O5S2/c1-41-23-11-3-21(4-12-23)37-29(44)27(33)35(31(37)39)19-7-15-25(16-8-19)43-26-17-9-20(10-18-26)36-28(34)30(45)38(32(36)40)22-5-13-24(42-2)14-6-22/h3-18,33-34H,1-2H3. The first kappa shape index (κ1) is 29.4. The Morgan fingerprint density at radius 2 is 0.733 bits per heavy atom. The number of ether oxygens (including phenoxy) is 3. The van der Waals surface area contributed by atoms with Gasteiger partial charge in [-0.2, -0.15) is 0 Å². The van der Waals surface area contributed by atoms with Gasteiger partial charge in [0.25, 0.3) is 0 Å². The third-order valence-corrected chi connectivity index (χ3v) is 7.86. The van der Waals surface area contributed by atoms with Crippen LogP contribution in [0.4, 0.5) is 32.3 Å². The summed E-state index contributed by atoms with van der Waals surface area (Å²) >= 11 is 10.8. The number of carbonyl (C=O) groups is 2. The van der Waals surface area contributed by atoms with Gasteiger partial charge in [0.05, 0.1) is 37.0 Å². The van der Waals surface area contributed by atoms with Crippen molar-refractivity contribution in [1.82, 2.24) is 0 Å². The minimum absolute atomic E-state index is 0.0861. The first-order valence-electron chi connectivity index (χ1n) is 13.4. The molecule has 0 aliphatic carbocycles. The van der Waals surface area contributed by atoms with Crippen LogP contribution in [-0.2, 0) is 0 Å². The summed E-state index contributed by atoms with van der Waals surface area (Å²) in [7, 11) is 3.11. The van der Waals surface area contributed by atoms with Gasteiger partial charge in [-0.05, 0) is 97.1 Å². The predicted molar refractivity (Wildman–Crippen MR) is 180 cm³/mol. The molecule has 2 N–H and O–H groups in total. The predicted octanol–water partition coefficient (Wildman–Crippen LogP) is 7.00. The molecule has 0 saturated carbocycles. The molecule has 0 aromatic heterocycles. The van der Waals surface area contributed by atoms with Crippen molar-refractivity contribution >= 4 is 80.9 Å². The van der Waals surface area contributed by atoms with Crippen LogP contribution in [-0.4, -0.2) is 47.9 Å². The first-order chi connectivity index (χ1) is 21.7. The molecule has 0 bridgehead atoms. The Bertz CT molecular complexity index is 1730. The van der Waals surface area contributed by atoms with Crippen molar-refractivity contribution in [2.75, 3.05) is 33.8 Å². The Labute approximate surface area is 268 Å². The Morgan fingerprint density at radius 1 is 0.467 bits per heavy atom. The molecule has 2 aliphatic rings. The van der Waals surface area contributed by atoms with Crippen molar-refractivity contribution in [3.8, 4) is 23.0 Å². The van der Waals surface area contributed by atoms with E-state index in [1.807, 2.05) is 0 Å². The Morgan fingerprint density at radius 3 is 1.02 bits per heavy atom. The van der Waals surface area contributed by atoms with Gasteiger partial charge < -0.3 is 14.2 Å². The second-order valence-electron chi connectivity index (χ2n) is 9.70. The first-order valence-corrected chi connectivity index (χ1v) is 14.2. The number of nitrogens with zero attached hydrogens (tertiary/aromatic N) is 4. The van der Waals surface area contributed by atoms with Crippen LogP contribution < -0.4 is 33.8 Å². The van der Waals surface area contributed by atoms with Gasteiger partial charge in [-0.3, -0.25) is 10.8 Å². The average Bonchev–Trinajstić information content (AvgIpc) is 3.43. The number of amides is 4. The maximum absolute atomic E-state index is 13.3. The maximum Gasteiger partial charge on any atom is 0.340 e. The van der Waals surface area contributed by atoms with Crippen LogP contribution in [0, 0.1) is 10.8 Å². The lowest BCUT2D eigenvalue weighted by atomic mass is 10.2. The average molecular weight is 637 g/mol. The monoisotopic (exact) mass is 636 g/mol. The highest BCUT2D eigenvalue weighted by Gasteiger charge is 2.41. The highest BCUT2D eigenvalue weighted by Crippen LogP contribution is 2.33. The zero-order valence-corrected chi connectivity index (χ0v) is 25.5. The van der Waals surface area contributed by atoms with E-state index in [1.54, 1.807) is 111 Å². The van der Waals surface area contributed by atoms with Crippen molar-refractivity contribution < 1.29 is 23.8 Å². The van der Waals surface area contributed by atoms with Crippen molar-refractivity contribution in [2.45, 2.75) is 0 Å². The van der Waals surface area contributed by atoms with Gasteiger partial charge in [0.1, 0.15) is 23.0 Å². The van der Waals surface area contributed by atoms with Crippen LogP contribution in [0.15, 0.2) is 97.1 Å². The molecule has 45 heavy (non-hydrogen) atoms. The highest BCUT2D eigenvalue weighted by molar-refractivity contribution is 7.83. The molecule has 2 heterocycles. The topological polar surface area (TPSA) is 122 Å². The Balaban J connectivity index is 1.14. The molecule has 0 radical (unpaired) electrons. The van der Waals surface area contributed by atoms with E-state index in [1.165, 1.54) is 19.6 Å². The summed E-state index contributed by atoms with van der Waals surface area (Å²) in [5.74, 6) is 2.02. The molecular formula is C32H24N6O5S2. The third-order valence-electron chi connectivity index (χ3n) is 7.11. The summed E-state index contributed by atoms with van der Waals surface area (Å²) in [6.07, 6.45) is 0. The minimum atomic E-state index is -0.466. The molecule has 4 aromatic rings. The lowest BCUT2D eigenvalue weighted by Crippen LogP contribution is -2.33. The van der Waals surface area contributed by atoms with E-state index in [4.69, 9.17) is 49.5 Å². The molecule has 2 fully saturated rings. The van der Waals surface area contributed by atoms with Crippen LogP contribution in [0.3, 0.4) is 0 Å². The Hall–Kier alpha value is -5.66. The van der Waals surface area contributed by atoms with Crippen molar-refractivity contribution in [1.29, 1.82) is 10.8 Å². The zero-order chi connectivity index (χ0) is 31.8. The van der Waals surface area contributed by atoms with Crippen LogP contribution in [0.1, 0.15) is 0 Å². The summed E-state index contributed by atoms with van der Waals surface area (Å²) in [5, 5.41) is 17.0. The molecule has 2 aliphatic heterocycles. The van der Waals surface area contributed by atoms with Gasteiger partial charge >= 0.3 is 12.1 Å². The number of nitrogens with one attached hydrogen (secondary N) is 2. The van der Waals surface area contributed by atoms with Crippen molar-refractivity contribution in [3.63, 3.8) is 0 Å². The third kappa shape index (κ3) is 5.24. The molecule has 0 spiro atoms. The molecule has 4 aromatic carbocycles. The normalized spacial score (nSPS) is 15.0. The molecule has 4 amide bonds. The number of thiocarbonyl (C=S) groups is 2. The second kappa shape index (κ2) is 11.8. The maximum atomic E-state index is 13.3. The quantitative estimate of drug-likeness (QED) is 0.200. The van der Waals surface area contributed by atoms with Gasteiger partial charge in [0, 0.05) is 0 Å². The fourth-order valence-corrected chi connectivity index (χ4v) is 5.38. The number of anilines is 4. The number of amidine groups is 2. The molecule has 0 unspecified atom stereocenters. The lowest BCUT2D eigenvalue weighted by Gasteiger charge is -2.18. The summed E-state index contributed by atoms with van der Waals surface area (Å²) in [5.41, 5.74) is 1.97. The van der Waals surface area contributed by atoms with Crippen molar-refractivity contribution in [3.05, 3.63) is 97.1 Å². The van der Waals surface area contributed by atoms with Crippen LogP contribution in [0.2, 0.25) is 0 Å². The van der Waals surface area contributed by atoms with E-state index < -0.39 is 12.1 Å². The van der Waals surface area contributed by atoms with Crippen LogP contribution in [0.5, 0.6) is 23.0 Å². The molecule has 0 atom stereocenters. The van der Waals surface area contributed by atoms with Crippen LogP contribution >= 0.6 is 24.4 Å². The minimum Gasteiger partial charge on any atom is -0.497 e. The van der Waals surface area contributed by atoms with Gasteiger partial charge in [-0.15, -0.1) is 0 Å². The number of carbonyl (C=O) groups excluding carboxylic acids is 2. The molecule has 13 heteroatoms. The van der Waals surface area contributed by atoms with Crippen LogP contribution in [0.25, 0.3) is 0 Å². The molecule has 2 saturated heterocycles. The fraction of sp³-hybridized carbons (Fsp3) is 0.0625. The molecule has 11 nitrogen and oxygen atoms in total. The summed E-state index contributed by atoms with van der Waals surface area (Å²) in [6.45, 7) is 0. The summed E-state index contributed by atoms with van der Waals surface area (Å²) in [4.78, 5) is 31.8. The van der Waals surface area contributed by atoms with E-state index in [2.05, 4.69) is 0 Å². The number of urea groups is 2. The van der Waals surface area contributed by atoms with Gasteiger partial charge in [-0.25, -0.2) is 29.2 Å². The summed E-state index contributed by atoms with van der Waals surface area (Å²) < 4.78 is 16.3. The van der Waals surface area contributed by atoms with Gasteiger partial charge in [-0.1, -0.05) is 24.4 Å².